The van der Waals surface area contributed by atoms with Crippen LogP contribution in [0.15, 0.2) is 36.5 Å². The number of hydrogen-bond acceptors (Lipinski definition) is 3. The van der Waals surface area contributed by atoms with Crippen molar-refractivity contribution in [1.29, 1.82) is 0 Å². The molecule has 2 aromatic rings. The molecule has 1 aromatic carbocycles. The number of halogens is 1. The Hall–Kier alpha value is -1.91. The van der Waals surface area contributed by atoms with E-state index in [1.807, 2.05) is 18.7 Å². The molecule has 0 radical (unpaired) electrons. The predicted octanol–water partition coefficient (Wildman–Crippen LogP) is 3.42. The Kier molecular flexibility index (Phi) is 5.52. The second kappa shape index (κ2) is 7.38. The van der Waals surface area contributed by atoms with Crippen LogP contribution in [0, 0.1) is 0 Å². The number of aromatic nitrogens is 1. The first-order valence-corrected chi connectivity index (χ1v) is 7.67. The lowest BCUT2D eigenvalue weighted by Crippen LogP contribution is -2.29. The van der Waals surface area contributed by atoms with E-state index < -0.39 is 0 Å². The van der Waals surface area contributed by atoms with Gasteiger partial charge in [0.05, 0.1) is 12.2 Å². The largest absolute Gasteiger partial charge is 0.358 e. The summed E-state index contributed by atoms with van der Waals surface area (Å²) < 4.78 is 0. The van der Waals surface area contributed by atoms with Crippen LogP contribution in [0.5, 0.6) is 0 Å². The molecule has 5 heteroatoms. The van der Waals surface area contributed by atoms with Gasteiger partial charge in [-0.3, -0.25) is 14.5 Å². The number of carbonyl (C=O) groups is 2. The number of ketones is 2. The molecule has 0 aliphatic carbocycles. The lowest BCUT2D eigenvalue weighted by atomic mass is 10.1. The van der Waals surface area contributed by atoms with E-state index in [-0.39, 0.29) is 11.6 Å². The summed E-state index contributed by atoms with van der Waals surface area (Å²) in [6, 6.07) is 8.29. The summed E-state index contributed by atoms with van der Waals surface area (Å²) in [6.07, 6.45) is 1.59. The monoisotopic (exact) mass is 318 g/mol. The van der Waals surface area contributed by atoms with Gasteiger partial charge in [-0.1, -0.05) is 25.4 Å². The quantitative estimate of drug-likeness (QED) is 0.796. The van der Waals surface area contributed by atoms with Gasteiger partial charge in [0, 0.05) is 22.3 Å². The molecule has 0 saturated carbocycles. The predicted molar refractivity (Wildman–Crippen MR) is 87.8 cm³/mol. The molecule has 0 amide bonds. The van der Waals surface area contributed by atoms with Crippen molar-refractivity contribution in [2.24, 2.45) is 0 Å². The Balaban J connectivity index is 2.12. The lowest BCUT2D eigenvalue weighted by Gasteiger charge is -2.16. The number of likely N-dealkylation sites (N-methyl/N-ethyl adjacent to an activating group) is 1. The van der Waals surface area contributed by atoms with Crippen LogP contribution >= 0.6 is 11.6 Å². The first kappa shape index (κ1) is 16.5. The van der Waals surface area contributed by atoms with Crippen molar-refractivity contribution < 1.29 is 9.59 Å². The van der Waals surface area contributed by atoms with Crippen LogP contribution in [0.1, 0.15) is 40.3 Å². The zero-order valence-corrected chi connectivity index (χ0v) is 13.5. The number of H-pyrrole nitrogens is 1. The molecule has 1 N–H and O–H groups in total. The average molecular weight is 319 g/mol. The molecule has 0 unspecified atom stereocenters. The van der Waals surface area contributed by atoms with Gasteiger partial charge in [-0.2, -0.15) is 0 Å². The van der Waals surface area contributed by atoms with Crippen molar-refractivity contribution in [2.45, 2.75) is 13.8 Å². The Morgan fingerprint density at radius 3 is 2.32 bits per heavy atom. The highest BCUT2D eigenvalue weighted by Crippen LogP contribution is 2.14. The molecule has 0 aliphatic rings. The molecule has 116 valence electrons. The number of Topliss-reactive ketones (excluding diaryl/α,β-unsaturated/α-hetero) is 1. The van der Waals surface area contributed by atoms with Crippen LogP contribution in [0.3, 0.4) is 0 Å². The summed E-state index contributed by atoms with van der Waals surface area (Å²) in [5.74, 6) is -0.145. The first-order valence-electron chi connectivity index (χ1n) is 7.29. The molecule has 22 heavy (non-hydrogen) atoms. The van der Waals surface area contributed by atoms with Crippen molar-refractivity contribution in [3.8, 4) is 0 Å². The Morgan fingerprint density at radius 2 is 1.73 bits per heavy atom. The molecule has 4 nitrogen and oxygen atoms in total. The molecule has 2 rings (SSSR count). The number of nitrogens with one attached hydrogen (secondary N) is 1. The molecule has 0 atom stereocenters. The minimum Gasteiger partial charge on any atom is -0.358 e. The fourth-order valence-electron chi connectivity index (χ4n) is 2.18. The van der Waals surface area contributed by atoms with Gasteiger partial charge in [-0.15, -0.1) is 0 Å². The molecule has 0 spiro atoms. The van der Waals surface area contributed by atoms with Gasteiger partial charge in [0.15, 0.2) is 5.78 Å². The summed E-state index contributed by atoms with van der Waals surface area (Å²) in [5, 5.41) is 0.582. The summed E-state index contributed by atoms with van der Waals surface area (Å²) in [4.78, 5) is 29.5. The molecule has 0 saturated heterocycles. The third-order valence-corrected chi connectivity index (χ3v) is 3.87. The number of aromatic amines is 1. The topological polar surface area (TPSA) is 53.2 Å². The molecule has 0 aliphatic heterocycles. The van der Waals surface area contributed by atoms with Crippen LogP contribution in [0.4, 0.5) is 0 Å². The molecular formula is C17H19ClN2O2. The van der Waals surface area contributed by atoms with Crippen LogP contribution < -0.4 is 0 Å². The second-order valence-corrected chi connectivity index (χ2v) is 5.46. The zero-order valence-electron chi connectivity index (χ0n) is 12.7. The van der Waals surface area contributed by atoms with Crippen LogP contribution in [-0.2, 0) is 0 Å². The van der Waals surface area contributed by atoms with Gasteiger partial charge >= 0.3 is 0 Å². The minimum absolute atomic E-state index is 0.00936. The summed E-state index contributed by atoms with van der Waals surface area (Å²) in [5.41, 5.74) is 1.48. The molecule has 0 fully saturated rings. The Labute approximate surface area is 135 Å². The number of hydrogen-bond donors (Lipinski definition) is 1. The highest BCUT2D eigenvalue weighted by atomic mass is 35.5. The SMILES string of the molecule is CCN(CC)CC(=O)c1c[nH]c(C(=O)c2ccc(Cl)cc2)c1. The van der Waals surface area contributed by atoms with Crippen LogP contribution in [-0.4, -0.2) is 41.1 Å². The van der Waals surface area contributed by atoms with Gasteiger partial charge < -0.3 is 4.98 Å². The van der Waals surface area contributed by atoms with E-state index in [1.165, 1.54) is 0 Å². The molecule has 0 bridgehead atoms. The van der Waals surface area contributed by atoms with Gasteiger partial charge in [0.1, 0.15) is 0 Å². The van der Waals surface area contributed by atoms with Gasteiger partial charge in [-0.05, 0) is 43.4 Å². The van der Waals surface area contributed by atoms with Crippen LogP contribution in [0.25, 0.3) is 0 Å². The highest BCUT2D eigenvalue weighted by molar-refractivity contribution is 6.30. The van der Waals surface area contributed by atoms with Crippen molar-refractivity contribution in [2.75, 3.05) is 19.6 Å². The van der Waals surface area contributed by atoms with E-state index in [2.05, 4.69) is 4.98 Å². The number of nitrogens with zero attached hydrogens (tertiary/aromatic N) is 1. The lowest BCUT2D eigenvalue weighted by molar-refractivity contribution is 0.0937. The highest BCUT2D eigenvalue weighted by Gasteiger charge is 2.16. The molecular weight excluding hydrogens is 300 g/mol. The third kappa shape index (κ3) is 3.84. The molecule has 1 heterocycles. The number of rotatable bonds is 7. The third-order valence-electron chi connectivity index (χ3n) is 3.62. The normalized spacial score (nSPS) is 10.9. The van der Waals surface area contributed by atoms with Gasteiger partial charge in [-0.25, -0.2) is 0 Å². The Morgan fingerprint density at radius 1 is 1.09 bits per heavy atom. The maximum Gasteiger partial charge on any atom is 0.209 e. The summed E-state index contributed by atoms with van der Waals surface area (Å²) >= 11 is 5.82. The van der Waals surface area contributed by atoms with Crippen LogP contribution in [0.2, 0.25) is 5.02 Å². The second-order valence-electron chi connectivity index (χ2n) is 5.02. The van der Waals surface area contributed by atoms with E-state index in [0.29, 0.717) is 28.4 Å². The van der Waals surface area contributed by atoms with Crippen molar-refractivity contribution >= 4 is 23.2 Å². The van der Waals surface area contributed by atoms with Gasteiger partial charge in [0.2, 0.25) is 5.78 Å². The average Bonchev–Trinajstić information content (AvgIpc) is 3.02. The number of carbonyl (C=O) groups excluding carboxylic acids is 2. The maximum absolute atomic E-state index is 12.3. The van der Waals surface area contributed by atoms with Gasteiger partial charge in [0.25, 0.3) is 0 Å². The van der Waals surface area contributed by atoms with E-state index in [9.17, 15) is 9.59 Å². The fraction of sp³-hybridized carbons (Fsp3) is 0.294. The van der Waals surface area contributed by atoms with Crippen molar-refractivity contribution in [3.05, 3.63) is 58.4 Å². The molecule has 1 aromatic heterocycles. The standard InChI is InChI=1S/C17H19ClN2O2/c1-3-20(4-2)11-16(21)13-9-15(19-10-13)17(22)12-5-7-14(18)8-6-12/h5-10,19H,3-4,11H2,1-2H3. The summed E-state index contributed by atoms with van der Waals surface area (Å²) in [7, 11) is 0. The summed E-state index contributed by atoms with van der Waals surface area (Å²) in [6.45, 7) is 6.04. The van der Waals surface area contributed by atoms with Crippen molar-refractivity contribution in [3.63, 3.8) is 0 Å². The van der Waals surface area contributed by atoms with Crippen molar-refractivity contribution in [1.82, 2.24) is 9.88 Å². The first-order chi connectivity index (χ1) is 10.5. The number of benzene rings is 1. The van der Waals surface area contributed by atoms with E-state index in [1.54, 1.807) is 36.5 Å². The van der Waals surface area contributed by atoms with E-state index in [0.717, 1.165) is 13.1 Å². The van der Waals surface area contributed by atoms with E-state index in [4.69, 9.17) is 11.6 Å². The minimum atomic E-state index is -0.154. The Bertz CT molecular complexity index is 658. The maximum atomic E-state index is 12.3. The zero-order chi connectivity index (χ0) is 16.1. The fourth-order valence-corrected chi connectivity index (χ4v) is 2.31. The smallest absolute Gasteiger partial charge is 0.209 e. The van der Waals surface area contributed by atoms with E-state index >= 15 is 0 Å².